The van der Waals surface area contributed by atoms with Crippen molar-refractivity contribution in [3.63, 3.8) is 0 Å². The number of amides is 1. The first-order valence-corrected chi connectivity index (χ1v) is 7.85. The highest BCUT2D eigenvalue weighted by Crippen LogP contribution is 2.33. The molecule has 8 heteroatoms. The van der Waals surface area contributed by atoms with Gasteiger partial charge in [0.25, 0.3) is 11.5 Å². The lowest BCUT2D eigenvalue weighted by Gasteiger charge is -2.13. The lowest BCUT2D eigenvalue weighted by atomic mass is 10.1. The first-order chi connectivity index (χ1) is 10.5. The summed E-state index contributed by atoms with van der Waals surface area (Å²) in [5.74, 6) is -1.42. The number of hydrogen-bond acceptors (Lipinski definition) is 5. The Bertz CT molecular complexity index is 806. The second-order valence-corrected chi connectivity index (χ2v) is 6.35. The first-order valence-electron chi connectivity index (χ1n) is 6.97. The van der Waals surface area contributed by atoms with Gasteiger partial charge in [0.15, 0.2) is 4.96 Å². The summed E-state index contributed by atoms with van der Waals surface area (Å²) in [6.45, 7) is 1.75. The average molecular weight is 321 g/mol. The van der Waals surface area contributed by atoms with E-state index in [1.54, 1.807) is 12.3 Å². The Morgan fingerprint density at radius 1 is 1.55 bits per heavy atom. The number of rotatable bonds is 5. The summed E-state index contributed by atoms with van der Waals surface area (Å²) in [5.41, 5.74) is 0.0813. The van der Waals surface area contributed by atoms with Crippen molar-refractivity contribution in [1.82, 2.24) is 14.7 Å². The van der Waals surface area contributed by atoms with Crippen LogP contribution in [0, 0.1) is 12.8 Å². The SMILES string of the molecule is Cc1csc2ncc(C(=O)NC(CC3CC3)C(=O)O)c(=O)n12. The number of aryl methyl sites for hydroxylation is 1. The third kappa shape index (κ3) is 2.74. The van der Waals surface area contributed by atoms with Crippen LogP contribution in [0.25, 0.3) is 4.96 Å². The van der Waals surface area contributed by atoms with Crippen LogP contribution >= 0.6 is 11.3 Å². The molecule has 2 N–H and O–H groups in total. The minimum absolute atomic E-state index is 0.138. The fraction of sp³-hybridized carbons (Fsp3) is 0.429. The molecule has 1 unspecified atom stereocenters. The number of nitrogens with one attached hydrogen (secondary N) is 1. The van der Waals surface area contributed by atoms with Crippen LogP contribution in [-0.4, -0.2) is 32.4 Å². The topological polar surface area (TPSA) is 101 Å². The number of fused-ring (bicyclic) bond motifs is 1. The molecule has 1 atom stereocenters. The molecule has 1 aliphatic rings. The van der Waals surface area contributed by atoms with Crippen LogP contribution in [0.3, 0.4) is 0 Å². The van der Waals surface area contributed by atoms with Gasteiger partial charge in [0.05, 0.1) is 0 Å². The molecule has 1 aliphatic carbocycles. The summed E-state index contributed by atoms with van der Waals surface area (Å²) in [7, 11) is 0. The molecule has 2 aromatic heterocycles. The molecule has 0 aliphatic heterocycles. The van der Waals surface area contributed by atoms with Gasteiger partial charge in [0, 0.05) is 17.3 Å². The number of carbonyl (C=O) groups excluding carboxylic acids is 1. The zero-order chi connectivity index (χ0) is 15.9. The minimum atomic E-state index is -1.08. The Morgan fingerprint density at radius 3 is 2.91 bits per heavy atom. The van der Waals surface area contributed by atoms with Crippen LogP contribution in [0.4, 0.5) is 0 Å². The maximum Gasteiger partial charge on any atom is 0.326 e. The lowest BCUT2D eigenvalue weighted by molar-refractivity contribution is -0.139. The van der Waals surface area contributed by atoms with Crippen molar-refractivity contribution in [2.45, 2.75) is 32.2 Å². The zero-order valence-corrected chi connectivity index (χ0v) is 12.7. The smallest absolute Gasteiger partial charge is 0.326 e. The average Bonchev–Trinajstić information content (AvgIpc) is 3.20. The summed E-state index contributed by atoms with van der Waals surface area (Å²) in [4.78, 5) is 40.4. The highest BCUT2D eigenvalue weighted by Gasteiger charge is 2.31. The van der Waals surface area contributed by atoms with Gasteiger partial charge in [-0.05, 0) is 19.3 Å². The maximum absolute atomic E-state index is 12.4. The molecule has 22 heavy (non-hydrogen) atoms. The molecule has 2 aromatic rings. The predicted octanol–water partition coefficient (Wildman–Crippen LogP) is 1.05. The number of aliphatic carboxylic acids is 1. The molecule has 0 radical (unpaired) electrons. The molecule has 1 saturated carbocycles. The van der Waals surface area contributed by atoms with Gasteiger partial charge in [-0.25, -0.2) is 9.78 Å². The Balaban J connectivity index is 1.87. The Hall–Kier alpha value is -2.22. The van der Waals surface area contributed by atoms with E-state index in [0.717, 1.165) is 12.8 Å². The number of nitrogens with zero attached hydrogens (tertiary/aromatic N) is 2. The predicted molar refractivity (Wildman–Crippen MR) is 80.3 cm³/mol. The van der Waals surface area contributed by atoms with Crippen molar-refractivity contribution >= 4 is 28.2 Å². The maximum atomic E-state index is 12.4. The number of carbonyl (C=O) groups is 2. The van der Waals surface area contributed by atoms with E-state index in [1.165, 1.54) is 21.9 Å². The fourth-order valence-corrected chi connectivity index (χ4v) is 3.15. The molecule has 116 valence electrons. The number of carboxylic acid groups (broad SMARTS) is 1. The van der Waals surface area contributed by atoms with Crippen LogP contribution in [-0.2, 0) is 4.79 Å². The standard InChI is InChI=1S/C14H15N3O4S/c1-7-6-22-14-15-5-9(12(19)17(7)14)11(18)16-10(13(20)21)4-8-2-3-8/h5-6,8,10H,2-4H2,1H3,(H,16,18)(H,20,21). The first kappa shape index (κ1) is 14.7. The molecule has 0 bridgehead atoms. The van der Waals surface area contributed by atoms with Crippen molar-refractivity contribution in [1.29, 1.82) is 0 Å². The molecular weight excluding hydrogens is 306 g/mol. The second kappa shape index (κ2) is 5.53. The summed E-state index contributed by atoms with van der Waals surface area (Å²) in [6.07, 6.45) is 3.59. The van der Waals surface area contributed by atoms with Gasteiger partial charge in [0.1, 0.15) is 11.6 Å². The molecule has 0 aromatic carbocycles. The Kier molecular flexibility index (Phi) is 3.69. The van der Waals surface area contributed by atoms with Crippen molar-refractivity contribution in [2.75, 3.05) is 0 Å². The van der Waals surface area contributed by atoms with Crippen molar-refractivity contribution in [2.24, 2.45) is 5.92 Å². The van der Waals surface area contributed by atoms with Crippen LogP contribution in [0.2, 0.25) is 0 Å². The number of carboxylic acids is 1. The van der Waals surface area contributed by atoms with Crippen LogP contribution in [0.15, 0.2) is 16.4 Å². The van der Waals surface area contributed by atoms with E-state index in [-0.39, 0.29) is 5.56 Å². The van der Waals surface area contributed by atoms with Gasteiger partial charge >= 0.3 is 5.97 Å². The van der Waals surface area contributed by atoms with Crippen molar-refractivity contribution < 1.29 is 14.7 Å². The summed E-state index contributed by atoms with van der Waals surface area (Å²) in [5, 5.41) is 13.4. The molecular formula is C14H15N3O4S. The van der Waals surface area contributed by atoms with Crippen LogP contribution in [0.5, 0.6) is 0 Å². The molecule has 1 fully saturated rings. The van der Waals surface area contributed by atoms with E-state index in [1.807, 2.05) is 0 Å². The number of hydrogen-bond donors (Lipinski definition) is 2. The Morgan fingerprint density at radius 2 is 2.27 bits per heavy atom. The van der Waals surface area contributed by atoms with Gasteiger partial charge in [-0.3, -0.25) is 14.0 Å². The highest BCUT2D eigenvalue weighted by molar-refractivity contribution is 7.15. The third-order valence-electron chi connectivity index (χ3n) is 3.73. The molecule has 2 heterocycles. The van der Waals surface area contributed by atoms with E-state index >= 15 is 0 Å². The molecule has 0 saturated heterocycles. The van der Waals surface area contributed by atoms with Crippen molar-refractivity contribution in [3.8, 4) is 0 Å². The highest BCUT2D eigenvalue weighted by atomic mass is 32.1. The van der Waals surface area contributed by atoms with E-state index < -0.39 is 23.5 Å². The lowest BCUT2D eigenvalue weighted by Crippen LogP contribution is -2.43. The van der Waals surface area contributed by atoms with E-state index in [2.05, 4.69) is 10.3 Å². The monoisotopic (exact) mass is 321 g/mol. The zero-order valence-electron chi connectivity index (χ0n) is 11.9. The minimum Gasteiger partial charge on any atom is -0.480 e. The second-order valence-electron chi connectivity index (χ2n) is 5.52. The van der Waals surface area contributed by atoms with Crippen LogP contribution in [0.1, 0.15) is 35.3 Å². The van der Waals surface area contributed by atoms with E-state index in [9.17, 15) is 19.5 Å². The van der Waals surface area contributed by atoms with Gasteiger partial charge in [-0.15, -0.1) is 11.3 Å². The Labute approximate surface area is 129 Å². The fourth-order valence-electron chi connectivity index (χ4n) is 2.33. The number of thiazole rings is 1. The van der Waals surface area contributed by atoms with E-state index in [4.69, 9.17) is 0 Å². The molecule has 3 rings (SSSR count). The largest absolute Gasteiger partial charge is 0.480 e. The summed E-state index contributed by atoms with van der Waals surface area (Å²) >= 11 is 1.31. The normalized spacial score (nSPS) is 15.7. The van der Waals surface area contributed by atoms with E-state index in [0.29, 0.717) is 23.0 Å². The quantitative estimate of drug-likeness (QED) is 0.857. The van der Waals surface area contributed by atoms with Gasteiger partial charge < -0.3 is 10.4 Å². The van der Waals surface area contributed by atoms with Gasteiger partial charge in [-0.2, -0.15) is 0 Å². The van der Waals surface area contributed by atoms with Crippen LogP contribution < -0.4 is 10.9 Å². The molecule has 1 amide bonds. The number of aromatic nitrogens is 2. The molecule has 0 spiro atoms. The summed E-state index contributed by atoms with van der Waals surface area (Å²) < 4.78 is 1.36. The van der Waals surface area contributed by atoms with Crippen molar-refractivity contribution in [3.05, 3.63) is 33.2 Å². The molecule has 7 nitrogen and oxygen atoms in total. The third-order valence-corrected chi connectivity index (χ3v) is 4.69. The van der Waals surface area contributed by atoms with Gasteiger partial charge in [-0.1, -0.05) is 12.8 Å². The van der Waals surface area contributed by atoms with Gasteiger partial charge in [0.2, 0.25) is 0 Å². The summed E-state index contributed by atoms with van der Waals surface area (Å²) in [6, 6.07) is -0.969.